The molecule has 1 saturated heterocycles. The molecule has 36 heavy (non-hydrogen) atoms. The van der Waals surface area contributed by atoms with Crippen LogP contribution in [0.5, 0.6) is 0 Å². The van der Waals surface area contributed by atoms with Crippen molar-refractivity contribution in [3.05, 3.63) is 76.7 Å². The first-order valence-corrected chi connectivity index (χ1v) is 12.2. The summed E-state index contributed by atoms with van der Waals surface area (Å²) in [5, 5.41) is 9.31. The second-order valence-corrected chi connectivity index (χ2v) is 9.16. The predicted octanol–water partition coefficient (Wildman–Crippen LogP) is 4.97. The van der Waals surface area contributed by atoms with Gasteiger partial charge in [-0.3, -0.25) is 9.20 Å². The van der Waals surface area contributed by atoms with Crippen molar-refractivity contribution < 1.29 is 13.6 Å². The zero-order chi connectivity index (χ0) is 25.2. The summed E-state index contributed by atoms with van der Waals surface area (Å²) >= 11 is 5.70. The van der Waals surface area contributed by atoms with Crippen LogP contribution in [0.3, 0.4) is 0 Å². The van der Waals surface area contributed by atoms with Crippen LogP contribution in [0.4, 0.5) is 20.3 Å². The Hall–Kier alpha value is -3.56. The van der Waals surface area contributed by atoms with Crippen LogP contribution in [-0.4, -0.2) is 39.9 Å². The van der Waals surface area contributed by atoms with E-state index in [1.165, 1.54) is 18.3 Å². The fourth-order valence-electron chi connectivity index (χ4n) is 4.47. The molecule has 1 aliphatic rings. The lowest BCUT2D eigenvalue weighted by Crippen LogP contribution is -2.30. The number of rotatable bonds is 7. The summed E-state index contributed by atoms with van der Waals surface area (Å²) in [4.78, 5) is 21.6. The molecule has 1 aliphatic heterocycles. The Morgan fingerprint density at radius 2 is 2.08 bits per heavy atom. The average Bonchev–Trinajstić information content (AvgIpc) is 3.57. The normalized spacial score (nSPS) is 15.4. The molecule has 0 bridgehead atoms. The second kappa shape index (κ2) is 10.2. The van der Waals surface area contributed by atoms with Crippen molar-refractivity contribution in [3.8, 4) is 11.3 Å². The molecule has 3 heterocycles. The van der Waals surface area contributed by atoms with Gasteiger partial charge >= 0.3 is 0 Å². The largest absolute Gasteiger partial charge is 0.352 e. The standard InChI is InChI=1S/C26H25ClF2N6O/c1-2-16-11-17(3-4-18(16)26(36)33-13-15-7-8-30-12-15)34-24-25-32-14-21(35(25)10-9-31-24)19-5-6-20(27)23(29)22(19)28/h3-6,9-11,14-15,30H,2,7-8,12-13H2,1H3,(H,31,34)(H,33,36). The quantitative estimate of drug-likeness (QED) is 0.306. The number of hydrogen-bond donors (Lipinski definition) is 3. The van der Waals surface area contributed by atoms with Gasteiger partial charge in [0, 0.05) is 35.8 Å². The van der Waals surface area contributed by atoms with E-state index < -0.39 is 11.6 Å². The van der Waals surface area contributed by atoms with Crippen molar-refractivity contribution in [1.82, 2.24) is 25.0 Å². The number of fused-ring (bicyclic) bond motifs is 1. The monoisotopic (exact) mass is 510 g/mol. The minimum absolute atomic E-state index is 0.0403. The van der Waals surface area contributed by atoms with Gasteiger partial charge in [0.25, 0.3) is 5.91 Å². The van der Waals surface area contributed by atoms with Crippen molar-refractivity contribution in [1.29, 1.82) is 0 Å². The molecular formula is C26H25ClF2N6O. The zero-order valence-electron chi connectivity index (χ0n) is 19.6. The predicted molar refractivity (Wildman–Crippen MR) is 136 cm³/mol. The number of imidazole rings is 1. The highest BCUT2D eigenvalue weighted by atomic mass is 35.5. The summed E-state index contributed by atoms with van der Waals surface area (Å²) in [6.45, 7) is 4.57. The molecule has 3 N–H and O–H groups in total. The first-order valence-electron chi connectivity index (χ1n) is 11.8. The molecule has 10 heteroatoms. The Labute approximate surface area is 211 Å². The van der Waals surface area contributed by atoms with Crippen molar-refractivity contribution in [2.75, 3.05) is 25.0 Å². The van der Waals surface area contributed by atoms with E-state index in [0.29, 0.717) is 41.6 Å². The van der Waals surface area contributed by atoms with E-state index in [9.17, 15) is 13.6 Å². The summed E-state index contributed by atoms with van der Waals surface area (Å²) in [5.41, 5.74) is 3.12. The number of carbonyl (C=O) groups excluding carboxylic acids is 1. The van der Waals surface area contributed by atoms with Crippen LogP contribution in [0, 0.1) is 17.6 Å². The number of aromatic nitrogens is 3. The maximum Gasteiger partial charge on any atom is 0.251 e. The summed E-state index contributed by atoms with van der Waals surface area (Å²) < 4.78 is 30.2. The third-order valence-corrected chi connectivity index (χ3v) is 6.74. The second-order valence-electron chi connectivity index (χ2n) is 8.76. The molecule has 186 valence electrons. The van der Waals surface area contributed by atoms with Gasteiger partial charge in [0.05, 0.1) is 16.9 Å². The van der Waals surface area contributed by atoms with Gasteiger partial charge in [-0.05, 0) is 67.7 Å². The van der Waals surface area contributed by atoms with Gasteiger partial charge < -0.3 is 16.0 Å². The maximum atomic E-state index is 14.6. The van der Waals surface area contributed by atoms with Crippen LogP contribution < -0.4 is 16.0 Å². The third-order valence-electron chi connectivity index (χ3n) is 6.45. The Morgan fingerprint density at radius 1 is 1.22 bits per heavy atom. The molecular weight excluding hydrogens is 486 g/mol. The average molecular weight is 511 g/mol. The van der Waals surface area contributed by atoms with Gasteiger partial charge in [-0.1, -0.05) is 18.5 Å². The fourth-order valence-corrected chi connectivity index (χ4v) is 4.62. The summed E-state index contributed by atoms with van der Waals surface area (Å²) in [6.07, 6.45) is 6.37. The molecule has 1 unspecified atom stereocenters. The minimum Gasteiger partial charge on any atom is -0.352 e. The smallest absolute Gasteiger partial charge is 0.251 e. The van der Waals surface area contributed by atoms with Crippen LogP contribution in [0.25, 0.3) is 16.9 Å². The number of benzene rings is 2. The number of amides is 1. The van der Waals surface area contributed by atoms with Gasteiger partial charge in [-0.2, -0.15) is 0 Å². The Balaban J connectivity index is 1.40. The van der Waals surface area contributed by atoms with Gasteiger partial charge in [-0.15, -0.1) is 0 Å². The van der Waals surface area contributed by atoms with Crippen molar-refractivity contribution >= 4 is 34.7 Å². The number of halogens is 3. The number of hydrogen-bond acceptors (Lipinski definition) is 5. The van der Waals surface area contributed by atoms with Gasteiger partial charge in [-0.25, -0.2) is 18.7 Å². The molecule has 0 radical (unpaired) electrons. The SMILES string of the molecule is CCc1cc(Nc2nccn3c(-c4ccc(Cl)c(F)c4F)cnc23)ccc1C(=O)NCC1CCNC1. The number of nitrogens with one attached hydrogen (secondary N) is 3. The topological polar surface area (TPSA) is 83.3 Å². The summed E-state index contributed by atoms with van der Waals surface area (Å²) in [6, 6.07) is 8.25. The van der Waals surface area contributed by atoms with Gasteiger partial charge in [0.15, 0.2) is 23.1 Å². The third kappa shape index (κ3) is 4.64. The van der Waals surface area contributed by atoms with E-state index in [0.717, 1.165) is 30.8 Å². The fraction of sp³-hybridized carbons (Fsp3) is 0.269. The number of carbonyl (C=O) groups is 1. The van der Waals surface area contributed by atoms with E-state index in [1.54, 1.807) is 22.9 Å². The number of nitrogens with zero attached hydrogens (tertiary/aromatic N) is 3. The summed E-state index contributed by atoms with van der Waals surface area (Å²) in [7, 11) is 0. The lowest BCUT2D eigenvalue weighted by Gasteiger charge is -2.14. The highest BCUT2D eigenvalue weighted by Gasteiger charge is 2.19. The van der Waals surface area contributed by atoms with Crippen LogP contribution in [-0.2, 0) is 6.42 Å². The Morgan fingerprint density at radius 3 is 2.86 bits per heavy atom. The lowest BCUT2D eigenvalue weighted by molar-refractivity contribution is 0.0947. The van der Waals surface area contributed by atoms with Crippen molar-refractivity contribution in [2.45, 2.75) is 19.8 Å². The van der Waals surface area contributed by atoms with Gasteiger partial charge in [0.1, 0.15) is 0 Å². The highest BCUT2D eigenvalue weighted by molar-refractivity contribution is 6.30. The molecule has 1 atom stereocenters. The molecule has 5 rings (SSSR count). The molecule has 7 nitrogen and oxygen atoms in total. The molecule has 1 amide bonds. The maximum absolute atomic E-state index is 14.6. The number of aryl methyl sites for hydroxylation is 1. The van der Waals surface area contributed by atoms with Crippen LogP contribution in [0.2, 0.25) is 5.02 Å². The van der Waals surface area contributed by atoms with E-state index in [2.05, 4.69) is 25.9 Å². The Bertz CT molecular complexity index is 1430. The molecule has 1 fully saturated rings. The zero-order valence-corrected chi connectivity index (χ0v) is 20.4. The first kappa shape index (κ1) is 24.1. The highest BCUT2D eigenvalue weighted by Crippen LogP contribution is 2.31. The molecule has 2 aromatic heterocycles. The van der Waals surface area contributed by atoms with Crippen molar-refractivity contribution in [2.24, 2.45) is 5.92 Å². The molecule has 0 saturated carbocycles. The van der Waals surface area contributed by atoms with Crippen LogP contribution in [0.15, 0.2) is 48.9 Å². The first-order chi connectivity index (χ1) is 17.5. The van der Waals surface area contributed by atoms with E-state index in [-0.39, 0.29) is 16.5 Å². The van der Waals surface area contributed by atoms with Crippen molar-refractivity contribution in [3.63, 3.8) is 0 Å². The van der Waals surface area contributed by atoms with E-state index in [4.69, 9.17) is 11.6 Å². The molecule has 0 aliphatic carbocycles. The molecule has 4 aromatic rings. The van der Waals surface area contributed by atoms with E-state index in [1.807, 2.05) is 19.1 Å². The van der Waals surface area contributed by atoms with Crippen LogP contribution in [0.1, 0.15) is 29.3 Å². The lowest BCUT2D eigenvalue weighted by atomic mass is 10.0. The van der Waals surface area contributed by atoms with Gasteiger partial charge in [0.2, 0.25) is 0 Å². The Kier molecular flexibility index (Phi) is 6.84. The van der Waals surface area contributed by atoms with E-state index >= 15 is 0 Å². The number of anilines is 2. The summed E-state index contributed by atoms with van der Waals surface area (Å²) in [5.74, 6) is -1.33. The van der Waals surface area contributed by atoms with Crippen LogP contribution >= 0.6 is 11.6 Å². The molecule has 0 spiro atoms. The molecule has 2 aromatic carbocycles. The minimum atomic E-state index is -1.10.